The van der Waals surface area contributed by atoms with Crippen molar-refractivity contribution in [3.05, 3.63) is 102 Å². The van der Waals surface area contributed by atoms with Crippen molar-refractivity contribution in [2.45, 2.75) is 77.7 Å². The number of para-hydroxylation sites is 1. The van der Waals surface area contributed by atoms with Gasteiger partial charge < -0.3 is 20.1 Å². The number of hydrogen-bond donors (Lipinski definition) is 2. The third kappa shape index (κ3) is 5.58. The Morgan fingerprint density at radius 3 is 2.62 bits per heavy atom. The molecule has 0 aliphatic heterocycles. The molecule has 2 aliphatic rings. The molecule has 1 aromatic heterocycles. The van der Waals surface area contributed by atoms with Crippen LogP contribution in [0.15, 0.2) is 84.9 Å². The molecule has 0 bridgehead atoms. The molecule has 0 amide bonds. The summed E-state index contributed by atoms with van der Waals surface area (Å²) < 4.78 is 8.00. The van der Waals surface area contributed by atoms with Crippen LogP contribution in [0.3, 0.4) is 0 Å². The smallest absolute Gasteiger partial charge is 0.341 e. The van der Waals surface area contributed by atoms with E-state index in [1.54, 1.807) is 17.2 Å². The minimum absolute atomic E-state index is 0.0454. The standard InChI is InChI=1S/C41H45N3O3/c1-26(2)27-13-16-33-29(21-27)15-18-37-40(3,19-8-20-41(33,37)4)25-44-36-17-14-28(32-11-5-6-12-34(32)42)23-35(36)43-39(44)30-9-7-10-31(22-30)47-24-38(45)46/h5-7,9-14,16-17,21-23,26,37H,8,15,18-20,24-25,42H2,1-4H3,(H,45,46)/t37-,40-,41+/m0/s1. The highest BCUT2D eigenvalue weighted by atomic mass is 16.5. The summed E-state index contributed by atoms with van der Waals surface area (Å²) in [6.07, 6.45) is 5.86. The molecule has 2 aliphatic carbocycles. The number of carboxylic acids is 1. The van der Waals surface area contributed by atoms with Crippen molar-refractivity contribution >= 4 is 22.7 Å². The van der Waals surface area contributed by atoms with Crippen molar-refractivity contribution < 1.29 is 14.6 Å². The minimum Gasteiger partial charge on any atom is -0.482 e. The van der Waals surface area contributed by atoms with E-state index in [9.17, 15) is 9.90 Å². The first kappa shape index (κ1) is 31.0. The van der Waals surface area contributed by atoms with Crippen LogP contribution in [0, 0.1) is 11.3 Å². The number of nitrogen functional groups attached to an aromatic ring is 1. The first-order chi connectivity index (χ1) is 22.6. The van der Waals surface area contributed by atoms with Gasteiger partial charge >= 0.3 is 5.97 Å². The predicted molar refractivity (Wildman–Crippen MR) is 190 cm³/mol. The molecule has 3 atom stereocenters. The zero-order valence-electron chi connectivity index (χ0n) is 27.9. The van der Waals surface area contributed by atoms with Crippen molar-refractivity contribution in [2.24, 2.45) is 11.3 Å². The third-order valence-corrected chi connectivity index (χ3v) is 11.2. The van der Waals surface area contributed by atoms with E-state index < -0.39 is 5.97 Å². The summed E-state index contributed by atoms with van der Waals surface area (Å²) in [5, 5.41) is 9.21. The van der Waals surface area contributed by atoms with Gasteiger partial charge in [0, 0.05) is 23.4 Å². The third-order valence-electron chi connectivity index (χ3n) is 11.2. The SMILES string of the molecule is CC(C)c1ccc2c(c1)CC[C@H]1[C@](C)(Cn3c(-c4cccc(OCC(=O)O)c4)nc4cc(-c5ccccc5N)ccc43)CCC[C@]21C. The summed E-state index contributed by atoms with van der Waals surface area (Å²) in [5.41, 5.74) is 16.7. The van der Waals surface area contributed by atoms with Gasteiger partial charge in [-0.25, -0.2) is 9.78 Å². The normalized spacial score (nSPS) is 22.2. The molecule has 7 rings (SSSR count). The Hall–Kier alpha value is -4.58. The monoisotopic (exact) mass is 627 g/mol. The van der Waals surface area contributed by atoms with Gasteiger partial charge in [0.1, 0.15) is 11.6 Å². The summed E-state index contributed by atoms with van der Waals surface area (Å²) in [5.74, 6) is 1.44. The van der Waals surface area contributed by atoms with Gasteiger partial charge in [0.05, 0.1) is 11.0 Å². The van der Waals surface area contributed by atoms with Crippen LogP contribution < -0.4 is 10.5 Å². The number of carbonyl (C=O) groups is 1. The van der Waals surface area contributed by atoms with Crippen LogP contribution >= 0.6 is 0 Å². The molecule has 47 heavy (non-hydrogen) atoms. The Labute approximate surface area is 277 Å². The summed E-state index contributed by atoms with van der Waals surface area (Å²) in [6, 6.07) is 29.4. The number of aryl methyl sites for hydroxylation is 1. The molecule has 5 aromatic rings. The highest BCUT2D eigenvalue weighted by molar-refractivity contribution is 5.88. The van der Waals surface area contributed by atoms with E-state index in [1.165, 1.54) is 24.8 Å². The van der Waals surface area contributed by atoms with Gasteiger partial charge in [-0.15, -0.1) is 0 Å². The molecular formula is C41H45N3O3. The van der Waals surface area contributed by atoms with E-state index in [1.807, 2.05) is 42.5 Å². The summed E-state index contributed by atoms with van der Waals surface area (Å²) in [7, 11) is 0. The quantitative estimate of drug-likeness (QED) is 0.167. The lowest BCUT2D eigenvalue weighted by atomic mass is 9.49. The van der Waals surface area contributed by atoms with Crippen LogP contribution in [0.4, 0.5) is 5.69 Å². The summed E-state index contributed by atoms with van der Waals surface area (Å²) in [6.45, 7) is 10.0. The van der Waals surface area contributed by atoms with E-state index in [0.29, 0.717) is 17.6 Å². The largest absolute Gasteiger partial charge is 0.482 e. The van der Waals surface area contributed by atoms with Gasteiger partial charge in [0.2, 0.25) is 0 Å². The molecule has 0 radical (unpaired) electrons. The van der Waals surface area contributed by atoms with Gasteiger partial charge in [-0.1, -0.05) is 88.7 Å². The molecule has 0 saturated heterocycles. The second-order valence-electron chi connectivity index (χ2n) is 14.6. The average Bonchev–Trinajstić information content (AvgIpc) is 3.40. The van der Waals surface area contributed by atoms with E-state index in [-0.39, 0.29) is 17.4 Å². The molecule has 6 nitrogen and oxygen atoms in total. The van der Waals surface area contributed by atoms with Crippen LogP contribution in [0.1, 0.15) is 76.0 Å². The molecular weight excluding hydrogens is 582 g/mol. The fourth-order valence-electron chi connectivity index (χ4n) is 8.86. The lowest BCUT2D eigenvalue weighted by molar-refractivity contribution is -0.139. The Morgan fingerprint density at radius 2 is 1.83 bits per heavy atom. The van der Waals surface area contributed by atoms with E-state index in [0.717, 1.165) is 58.6 Å². The minimum atomic E-state index is -1.00. The van der Waals surface area contributed by atoms with Crippen molar-refractivity contribution in [1.82, 2.24) is 9.55 Å². The molecule has 4 aromatic carbocycles. The zero-order chi connectivity index (χ0) is 32.9. The van der Waals surface area contributed by atoms with Gasteiger partial charge in [0.15, 0.2) is 6.61 Å². The molecule has 1 heterocycles. The highest BCUT2D eigenvalue weighted by Gasteiger charge is 2.52. The number of nitrogens with two attached hydrogens (primary N) is 1. The Morgan fingerprint density at radius 1 is 1.00 bits per heavy atom. The van der Waals surface area contributed by atoms with Crippen molar-refractivity contribution in [3.8, 4) is 28.3 Å². The van der Waals surface area contributed by atoms with E-state index in [4.69, 9.17) is 15.5 Å². The Bertz CT molecular complexity index is 1980. The highest BCUT2D eigenvalue weighted by Crippen LogP contribution is 2.58. The fourth-order valence-corrected chi connectivity index (χ4v) is 8.86. The number of aromatic nitrogens is 2. The second-order valence-corrected chi connectivity index (χ2v) is 14.6. The first-order valence-electron chi connectivity index (χ1n) is 17.0. The van der Waals surface area contributed by atoms with Gasteiger partial charge in [-0.3, -0.25) is 0 Å². The topological polar surface area (TPSA) is 90.4 Å². The van der Waals surface area contributed by atoms with Crippen LogP contribution in [0.25, 0.3) is 33.5 Å². The van der Waals surface area contributed by atoms with Crippen molar-refractivity contribution in [2.75, 3.05) is 12.3 Å². The number of benzene rings is 4. The molecule has 6 heteroatoms. The first-order valence-corrected chi connectivity index (χ1v) is 17.0. The number of ether oxygens (including phenoxy) is 1. The lowest BCUT2D eigenvalue weighted by Crippen LogP contribution is -2.50. The number of carboxylic acid groups (broad SMARTS) is 1. The Balaban J connectivity index is 1.33. The molecule has 0 unspecified atom stereocenters. The summed E-state index contributed by atoms with van der Waals surface area (Å²) in [4.78, 5) is 16.5. The fraction of sp³-hybridized carbons (Fsp3) is 0.366. The van der Waals surface area contributed by atoms with Crippen LogP contribution in [-0.2, 0) is 23.2 Å². The number of rotatable bonds is 8. The number of imidazole rings is 1. The Kier molecular flexibility index (Phi) is 7.86. The van der Waals surface area contributed by atoms with Crippen molar-refractivity contribution in [1.29, 1.82) is 0 Å². The molecule has 3 N–H and O–H groups in total. The maximum atomic E-state index is 11.2. The average molecular weight is 628 g/mol. The van der Waals surface area contributed by atoms with Gasteiger partial charge in [-0.05, 0) is 101 Å². The molecule has 242 valence electrons. The van der Waals surface area contributed by atoms with Crippen LogP contribution in [0.5, 0.6) is 5.75 Å². The van der Waals surface area contributed by atoms with Crippen LogP contribution in [0.2, 0.25) is 0 Å². The number of hydrogen-bond acceptors (Lipinski definition) is 4. The number of fused-ring (bicyclic) bond motifs is 4. The maximum Gasteiger partial charge on any atom is 0.341 e. The van der Waals surface area contributed by atoms with E-state index in [2.05, 4.69) is 68.7 Å². The molecule has 1 fully saturated rings. The zero-order valence-corrected chi connectivity index (χ0v) is 27.9. The number of anilines is 1. The van der Waals surface area contributed by atoms with E-state index >= 15 is 0 Å². The lowest BCUT2D eigenvalue weighted by Gasteiger charge is -2.56. The molecule has 1 saturated carbocycles. The number of nitrogens with zero attached hydrogens (tertiary/aromatic N) is 2. The summed E-state index contributed by atoms with van der Waals surface area (Å²) >= 11 is 0. The maximum absolute atomic E-state index is 11.2. The van der Waals surface area contributed by atoms with Gasteiger partial charge in [-0.2, -0.15) is 0 Å². The van der Waals surface area contributed by atoms with Gasteiger partial charge in [0.25, 0.3) is 0 Å². The number of aliphatic carboxylic acids is 1. The predicted octanol–water partition coefficient (Wildman–Crippen LogP) is 9.25. The second kappa shape index (κ2) is 11.9. The van der Waals surface area contributed by atoms with Crippen LogP contribution in [-0.4, -0.2) is 27.2 Å². The molecule has 0 spiro atoms. The van der Waals surface area contributed by atoms with Crippen molar-refractivity contribution in [3.63, 3.8) is 0 Å².